The summed E-state index contributed by atoms with van der Waals surface area (Å²) in [6.07, 6.45) is 7.66. The molecule has 38 heavy (non-hydrogen) atoms. The number of anilines is 1. The highest BCUT2D eigenvalue weighted by Gasteiger charge is 2.37. The number of ether oxygens (including phenoxy) is 1. The van der Waals surface area contributed by atoms with Gasteiger partial charge in [0.25, 0.3) is 0 Å². The van der Waals surface area contributed by atoms with Gasteiger partial charge in [0.05, 0.1) is 16.2 Å². The summed E-state index contributed by atoms with van der Waals surface area (Å²) < 4.78 is 19.8. The fraction of sp³-hybridized carbons (Fsp3) is 0.182. The summed E-state index contributed by atoms with van der Waals surface area (Å²) in [5, 5.41) is 3.81. The van der Waals surface area contributed by atoms with Crippen molar-refractivity contribution in [3.05, 3.63) is 135 Å². The van der Waals surface area contributed by atoms with Crippen LogP contribution >= 0.6 is 15.9 Å². The molecule has 0 fully saturated rings. The summed E-state index contributed by atoms with van der Waals surface area (Å²) in [7, 11) is 0. The molecule has 0 bridgehead atoms. The van der Waals surface area contributed by atoms with E-state index >= 15 is 0 Å². The Hall–Kier alpha value is -3.70. The van der Waals surface area contributed by atoms with E-state index in [1.165, 1.54) is 34.5 Å². The molecule has 0 saturated carbocycles. The Labute approximate surface area is 231 Å². The number of aryl methyl sites for hydroxylation is 1. The first-order valence-electron chi connectivity index (χ1n) is 12.9. The Balaban J connectivity index is 1.12. The predicted molar refractivity (Wildman–Crippen MR) is 156 cm³/mol. The van der Waals surface area contributed by atoms with Crippen LogP contribution in [0.15, 0.2) is 107 Å². The Morgan fingerprint density at radius 3 is 2.61 bits per heavy atom. The fourth-order valence-electron chi connectivity index (χ4n) is 5.42. The molecule has 3 nitrogen and oxygen atoms in total. The summed E-state index contributed by atoms with van der Waals surface area (Å²) in [6.45, 7) is 2.54. The lowest BCUT2D eigenvalue weighted by molar-refractivity contribution is 0.304. The van der Waals surface area contributed by atoms with Crippen LogP contribution in [0, 0.1) is 18.7 Å². The van der Waals surface area contributed by atoms with E-state index in [0.717, 1.165) is 33.5 Å². The van der Waals surface area contributed by atoms with Crippen LogP contribution < -0.4 is 10.1 Å². The number of nitrogens with one attached hydrogen (secondary N) is 1. The normalized spacial score (nSPS) is 19.7. The minimum Gasteiger partial charge on any atom is -0.488 e. The zero-order valence-corrected chi connectivity index (χ0v) is 22.7. The van der Waals surface area contributed by atoms with Gasteiger partial charge < -0.3 is 10.1 Å². The lowest BCUT2D eigenvalue weighted by atomic mass is 9.76. The highest BCUT2D eigenvalue weighted by atomic mass is 79.9. The first kappa shape index (κ1) is 24.6. The topological polar surface area (TPSA) is 33.6 Å². The van der Waals surface area contributed by atoms with E-state index in [1.54, 1.807) is 12.1 Å². The molecule has 1 aliphatic carbocycles. The van der Waals surface area contributed by atoms with Crippen molar-refractivity contribution in [2.45, 2.75) is 31.9 Å². The average molecular weight is 568 g/mol. The molecule has 1 N–H and O–H groups in total. The van der Waals surface area contributed by atoms with Crippen LogP contribution in [0.5, 0.6) is 5.75 Å². The van der Waals surface area contributed by atoms with Crippen LogP contribution in [0.4, 0.5) is 15.8 Å². The van der Waals surface area contributed by atoms with Crippen molar-refractivity contribution >= 4 is 33.5 Å². The maximum atomic E-state index is 13.1. The van der Waals surface area contributed by atoms with Gasteiger partial charge in [-0.25, -0.2) is 4.39 Å². The van der Waals surface area contributed by atoms with Crippen LogP contribution in [0.25, 0.3) is 0 Å². The maximum absolute atomic E-state index is 13.1. The molecular formula is C33H28BrFN2O. The van der Waals surface area contributed by atoms with E-state index in [1.807, 2.05) is 24.4 Å². The number of benzene rings is 4. The quantitative estimate of drug-likeness (QED) is 0.186. The minimum absolute atomic E-state index is 0.251. The predicted octanol–water partition coefficient (Wildman–Crippen LogP) is 9.05. The maximum Gasteiger partial charge on any atom is 0.134 e. The van der Waals surface area contributed by atoms with E-state index in [4.69, 9.17) is 9.73 Å². The zero-order chi connectivity index (χ0) is 26.1. The summed E-state index contributed by atoms with van der Waals surface area (Å²) in [4.78, 5) is 4.69. The third-order valence-electron chi connectivity index (χ3n) is 7.40. The molecule has 4 aromatic carbocycles. The smallest absolute Gasteiger partial charge is 0.134 e. The van der Waals surface area contributed by atoms with Gasteiger partial charge in [-0.1, -0.05) is 54.1 Å². The third-order valence-corrected chi connectivity index (χ3v) is 8.02. The molecule has 0 unspecified atom stereocenters. The van der Waals surface area contributed by atoms with Crippen molar-refractivity contribution < 1.29 is 9.13 Å². The first-order valence-corrected chi connectivity index (χ1v) is 13.7. The number of halogens is 2. The Morgan fingerprint density at radius 1 is 1.00 bits per heavy atom. The van der Waals surface area contributed by atoms with Crippen molar-refractivity contribution in [2.75, 3.05) is 5.32 Å². The average Bonchev–Trinajstić information content (AvgIpc) is 3.43. The Morgan fingerprint density at radius 2 is 1.82 bits per heavy atom. The van der Waals surface area contributed by atoms with Gasteiger partial charge in [0, 0.05) is 17.8 Å². The lowest BCUT2D eigenvalue weighted by Gasteiger charge is -2.37. The summed E-state index contributed by atoms with van der Waals surface area (Å²) >= 11 is 3.59. The molecule has 0 spiro atoms. The van der Waals surface area contributed by atoms with Crippen LogP contribution in [-0.4, -0.2) is 6.21 Å². The van der Waals surface area contributed by atoms with Crippen LogP contribution in [-0.2, 0) is 6.61 Å². The number of nitrogens with zero attached hydrogens (tertiary/aromatic N) is 1. The third kappa shape index (κ3) is 5.16. The number of hydrogen-bond acceptors (Lipinski definition) is 3. The molecule has 2 aliphatic rings. The largest absolute Gasteiger partial charge is 0.488 e. The second-order valence-corrected chi connectivity index (χ2v) is 10.9. The van der Waals surface area contributed by atoms with Crippen LogP contribution in [0.2, 0.25) is 0 Å². The molecule has 0 radical (unpaired) electrons. The molecule has 0 saturated heterocycles. The van der Waals surface area contributed by atoms with Crippen molar-refractivity contribution in [1.29, 1.82) is 0 Å². The van der Waals surface area contributed by atoms with E-state index in [-0.39, 0.29) is 11.9 Å². The molecule has 5 heteroatoms. The molecule has 6 rings (SSSR count). The van der Waals surface area contributed by atoms with Gasteiger partial charge in [-0.2, -0.15) is 0 Å². The van der Waals surface area contributed by atoms with Gasteiger partial charge in [0.15, 0.2) is 0 Å². The Kier molecular flexibility index (Phi) is 6.86. The van der Waals surface area contributed by atoms with Crippen molar-refractivity contribution in [2.24, 2.45) is 10.9 Å². The fourth-order valence-corrected chi connectivity index (χ4v) is 5.93. The first-order chi connectivity index (χ1) is 18.5. The van der Waals surface area contributed by atoms with Crippen LogP contribution in [0.1, 0.15) is 46.2 Å². The molecule has 190 valence electrons. The zero-order valence-electron chi connectivity index (χ0n) is 21.1. The minimum atomic E-state index is -0.251. The lowest BCUT2D eigenvalue weighted by Crippen LogP contribution is -2.29. The second-order valence-electron chi connectivity index (χ2n) is 10.0. The number of aliphatic imine (C=N–C) groups is 1. The van der Waals surface area contributed by atoms with E-state index in [9.17, 15) is 4.39 Å². The highest BCUT2D eigenvalue weighted by molar-refractivity contribution is 9.10. The van der Waals surface area contributed by atoms with Gasteiger partial charge in [-0.3, -0.25) is 4.99 Å². The number of rotatable bonds is 6. The summed E-state index contributed by atoms with van der Waals surface area (Å²) in [5.74, 6) is 1.47. The van der Waals surface area contributed by atoms with Crippen molar-refractivity contribution in [1.82, 2.24) is 0 Å². The Bertz CT molecular complexity index is 1510. The standard InChI is InChI=1S/C33H28BrFN2O/c1-21-5-15-31-29(17-21)27-3-2-4-28(27)33(37-31)24-9-13-26(14-10-24)36-19-23-8-16-32(30(34)18-23)38-20-22-6-11-25(35)12-7-22/h2-3,5-19,27-28,33,37H,4,20H2,1H3/t27-,28-,33+/m1/s1. The molecule has 1 heterocycles. The van der Waals surface area contributed by atoms with E-state index in [0.29, 0.717) is 18.4 Å². The monoisotopic (exact) mass is 566 g/mol. The molecular weight excluding hydrogens is 539 g/mol. The van der Waals surface area contributed by atoms with Crippen molar-refractivity contribution in [3.8, 4) is 5.75 Å². The summed E-state index contributed by atoms with van der Waals surface area (Å²) in [5.41, 5.74) is 8.05. The van der Waals surface area contributed by atoms with Crippen LogP contribution in [0.3, 0.4) is 0 Å². The van der Waals surface area contributed by atoms with Gasteiger partial charge in [-0.05, 0) is 106 Å². The second kappa shape index (κ2) is 10.6. The summed E-state index contributed by atoms with van der Waals surface area (Å²) in [6, 6.07) is 27.8. The van der Waals surface area contributed by atoms with E-state index < -0.39 is 0 Å². The van der Waals surface area contributed by atoms with Gasteiger partial charge >= 0.3 is 0 Å². The van der Waals surface area contributed by atoms with Gasteiger partial charge in [0.2, 0.25) is 0 Å². The van der Waals surface area contributed by atoms with Gasteiger partial charge in [-0.15, -0.1) is 0 Å². The highest BCUT2D eigenvalue weighted by Crippen LogP contribution is 2.50. The SMILES string of the molecule is Cc1ccc2c(c1)[C@@H]1C=CC[C@H]1[C@H](c1ccc(N=Cc3ccc(OCc4ccc(F)cc4)c(Br)c3)cc1)N2. The number of fused-ring (bicyclic) bond motifs is 3. The van der Waals surface area contributed by atoms with E-state index in [2.05, 4.69) is 82.8 Å². The number of allylic oxidation sites excluding steroid dienone is 2. The molecule has 3 atom stereocenters. The van der Waals surface area contributed by atoms with Gasteiger partial charge in [0.1, 0.15) is 18.2 Å². The molecule has 4 aromatic rings. The molecule has 0 amide bonds. The molecule has 1 aliphatic heterocycles. The molecule has 0 aromatic heterocycles. The number of hydrogen-bond donors (Lipinski definition) is 1. The van der Waals surface area contributed by atoms with Crippen molar-refractivity contribution in [3.63, 3.8) is 0 Å².